The summed E-state index contributed by atoms with van der Waals surface area (Å²) in [5.74, 6) is 0. The summed E-state index contributed by atoms with van der Waals surface area (Å²) in [5.41, 5.74) is 15.3. The molecule has 6 heterocycles. The molecule has 262 valence electrons. The van der Waals surface area contributed by atoms with E-state index >= 15 is 0 Å². The summed E-state index contributed by atoms with van der Waals surface area (Å²) < 4.78 is 4.56. The summed E-state index contributed by atoms with van der Waals surface area (Å²) in [6, 6.07) is 55.9. The number of pyridine rings is 4. The third-order valence-electron chi connectivity index (χ3n) is 10.8. The smallest absolute Gasteiger partial charge is 0.145 e. The largest absolute Gasteiger partial charge is 0.294 e. The second-order valence-electron chi connectivity index (χ2n) is 14.0. The van der Waals surface area contributed by atoms with Crippen LogP contribution in [0, 0.1) is 0 Å². The van der Waals surface area contributed by atoms with Gasteiger partial charge in [-0.2, -0.15) is 0 Å². The maximum absolute atomic E-state index is 4.95. The molecule has 6 nitrogen and oxygen atoms in total. The maximum atomic E-state index is 4.95. The van der Waals surface area contributed by atoms with Gasteiger partial charge in [0, 0.05) is 75.7 Å². The van der Waals surface area contributed by atoms with Crippen molar-refractivity contribution in [3.8, 4) is 55.9 Å². The first kappa shape index (κ1) is 31.8. The predicted molar refractivity (Wildman–Crippen MR) is 228 cm³/mol. The van der Waals surface area contributed by atoms with Crippen molar-refractivity contribution in [3.05, 3.63) is 195 Å². The minimum absolute atomic E-state index is 0.912. The molecule has 56 heavy (non-hydrogen) atoms. The van der Waals surface area contributed by atoms with Crippen LogP contribution >= 0.6 is 0 Å². The van der Waals surface area contributed by atoms with E-state index in [0.29, 0.717) is 0 Å². The van der Waals surface area contributed by atoms with Crippen molar-refractivity contribution >= 4 is 43.9 Å². The molecule has 0 aliphatic rings. The monoisotopic (exact) mass is 716 g/mol. The van der Waals surface area contributed by atoms with Gasteiger partial charge in [0.25, 0.3) is 0 Å². The first-order chi connectivity index (χ1) is 27.8. The molecule has 0 fully saturated rings. The van der Waals surface area contributed by atoms with Crippen LogP contribution in [0.5, 0.6) is 0 Å². The summed E-state index contributed by atoms with van der Waals surface area (Å²) in [7, 11) is 0. The minimum atomic E-state index is 0.912. The molecule has 0 atom stereocenters. The number of hydrogen-bond donors (Lipinski definition) is 0. The predicted octanol–water partition coefficient (Wildman–Crippen LogP) is 12.1. The number of nitrogens with zero attached hydrogens (tertiary/aromatic N) is 6. The van der Waals surface area contributed by atoms with Crippen LogP contribution in [0.4, 0.5) is 0 Å². The van der Waals surface area contributed by atoms with E-state index in [9.17, 15) is 0 Å². The van der Waals surface area contributed by atoms with Gasteiger partial charge in [0.05, 0.1) is 11.0 Å². The molecule has 0 bridgehead atoms. The average Bonchev–Trinajstić information content (AvgIpc) is 3.79. The Bertz CT molecular complexity index is 3040. The van der Waals surface area contributed by atoms with Crippen LogP contribution in [-0.2, 0) is 0 Å². The second-order valence-corrected chi connectivity index (χ2v) is 14.0. The Morgan fingerprint density at radius 3 is 1.38 bits per heavy atom. The number of fused-ring (bicyclic) bond motifs is 6. The Balaban J connectivity index is 1.06. The number of rotatable bonds is 6. The highest BCUT2D eigenvalue weighted by atomic mass is 15.1. The maximum Gasteiger partial charge on any atom is 0.145 e. The van der Waals surface area contributed by atoms with Gasteiger partial charge in [0.1, 0.15) is 11.3 Å². The molecule has 0 aliphatic heterocycles. The van der Waals surface area contributed by atoms with Crippen molar-refractivity contribution in [1.29, 1.82) is 0 Å². The van der Waals surface area contributed by atoms with Gasteiger partial charge in [-0.05, 0) is 124 Å². The normalized spacial score (nSPS) is 11.6. The molecular weight excluding hydrogens is 685 g/mol. The molecule has 0 saturated carbocycles. The van der Waals surface area contributed by atoms with E-state index in [4.69, 9.17) is 9.97 Å². The van der Waals surface area contributed by atoms with Crippen LogP contribution in [0.25, 0.3) is 99.8 Å². The Morgan fingerprint density at radius 1 is 0.321 bits per heavy atom. The lowest BCUT2D eigenvalue weighted by Crippen LogP contribution is -2.00. The van der Waals surface area contributed by atoms with E-state index in [1.54, 1.807) is 0 Å². The highest BCUT2D eigenvalue weighted by Gasteiger charge is 2.19. The minimum Gasteiger partial charge on any atom is -0.294 e. The van der Waals surface area contributed by atoms with Crippen LogP contribution in [0.15, 0.2) is 195 Å². The molecule has 11 rings (SSSR count). The summed E-state index contributed by atoms with van der Waals surface area (Å²) in [6.07, 6.45) is 11.2. The second kappa shape index (κ2) is 13.0. The molecule has 0 unspecified atom stereocenters. The van der Waals surface area contributed by atoms with E-state index < -0.39 is 0 Å². The lowest BCUT2D eigenvalue weighted by molar-refractivity contribution is 1.10. The number of aromatic nitrogens is 6. The summed E-state index contributed by atoms with van der Waals surface area (Å²) >= 11 is 0. The molecule has 11 aromatic rings. The van der Waals surface area contributed by atoms with Crippen LogP contribution in [-0.4, -0.2) is 29.1 Å². The molecule has 0 N–H and O–H groups in total. The fraction of sp³-hybridized carbons (Fsp3) is 0. The lowest BCUT2D eigenvalue weighted by Gasteiger charge is -2.13. The van der Waals surface area contributed by atoms with E-state index in [2.05, 4.69) is 159 Å². The highest BCUT2D eigenvalue weighted by molar-refractivity contribution is 6.11. The summed E-state index contributed by atoms with van der Waals surface area (Å²) in [6.45, 7) is 0. The van der Waals surface area contributed by atoms with E-state index in [0.717, 1.165) is 88.6 Å². The van der Waals surface area contributed by atoms with Gasteiger partial charge in [-0.15, -0.1) is 0 Å². The van der Waals surface area contributed by atoms with Crippen molar-refractivity contribution in [2.24, 2.45) is 0 Å². The SMILES string of the molecule is c1cncc(-c2ccccc2-c2ccc3c(c2)c2cccnc2n3-c2cccc(-n3c4ccc(-c5ccccc5-c5ccncc5)cc4c4cccnc43)c2)c1. The van der Waals surface area contributed by atoms with Gasteiger partial charge in [0.2, 0.25) is 0 Å². The quantitative estimate of drug-likeness (QED) is 0.172. The third-order valence-corrected chi connectivity index (χ3v) is 10.8. The van der Waals surface area contributed by atoms with Gasteiger partial charge in [-0.25, -0.2) is 9.97 Å². The standard InChI is InChI=1S/C50H32N6/c1-2-13-40(39(12-1)33-22-27-51-28-23-33)34-18-20-47-45(29-34)43-16-7-25-53-49(43)55(47)37-10-5-11-38(31-37)56-48-21-19-35(30-46(48)44-17-8-26-54-50(44)56)41-14-3-4-15-42(41)36-9-6-24-52-32-36/h1-32H. The molecule has 0 saturated heterocycles. The van der Waals surface area contributed by atoms with Crippen LogP contribution in [0.3, 0.4) is 0 Å². The number of benzene rings is 5. The van der Waals surface area contributed by atoms with Crippen LogP contribution in [0.2, 0.25) is 0 Å². The zero-order valence-corrected chi connectivity index (χ0v) is 30.2. The van der Waals surface area contributed by atoms with Gasteiger partial charge in [-0.1, -0.05) is 72.8 Å². The van der Waals surface area contributed by atoms with E-state index in [-0.39, 0.29) is 0 Å². The molecule has 6 heteroatoms. The van der Waals surface area contributed by atoms with Crippen LogP contribution < -0.4 is 0 Å². The van der Waals surface area contributed by atoms with Crippen molar-refractivity contribution in [2.45, 2.75) is 0 Å². The first-order valence-electron chi connectivity index (χ1n) is 18.7. The summed E-state index contributed by atoms with van der Waals surface area (Å²) in [4.78, 5) is 18.5. The number of hydrogen-bond acceptors (Lipinski definition) is 4. The lowest BCUT2D eigenvalue weighted by atomic mass is 9.94. The average molecular weight is 717 g/mol. The van der Waals surface area contributed by atoms with Crippen molar-refractivity contribution in [3.63, 3.8) is 0 Å². The highest BCUT2D eigenvalue weighted by Crippen LogP contribution is 2.40. The van der Waals surface area contributed by atoms with Crippen molar-refractivity contribution < 1.29 is 0 Å². The Labute approximate surface area is 322 Å². The molecule has 0 aliphatic carbocycles. The van der Waals surface area contributed by atoms with Gasteiger partial charge in [-0.3, -0.25) is 19.1 Å². The van der Waals surface area contributed by atoms with Crippen molar-refractivity contribution in [2.75, 3.05) is 0 Å². The van der Waals surface area contributed by atoms with Crippen LogP contribution in [0.1, 0.15) is 0 Å². The Kier molecular flexibility index (Phi) is 7.38. The zero-order chi connectivity index (χ0) is 37.0. The van der Waals surface area contributed by atoms with Gasteiger partial charge >= 0.3 is 0 Å². The van der Waals surface area contributed by atoms with Crippen molar-refractivity contribution in [1.82, 2.24) is 29.1 Å². The molecule has 5 aromatic carbocycles. The van der Waals surface area contributed by atoms with E-state index in [1.807, 2.05) is 55.4 Å². The molecular formula is C50H32N6. The van der Waals surface area contributed by atoms with Gasteiger partial charge < -0.3 is 0 Å². The molecule has 0 spiro atoms. The Hall–Kier alpha value is -7.70. The first-order valence-corrected chi connectivity index (χ1v) is 18.7. The molecule has 0 amide bonds. The van der Waals surface area contributed by atoms with E-state index in [1.165, 1.54) is 11.1 Å². The fourth-order valence-electron chi connectivity index (χ4n) is 8.35. The summed E-state index contributed by atoms with van der Waals surface area (Å²) in [5, 5.41) is 4.51. The molecule has 0 radical (unpaired) electrons. The molecule has 6 aromatic heterocycles. The topological polar surface area (TPSA) is 61.4 Å². The fourth-order valence-corrected chi connectivity index (χ4v) is 8.35. The Morgan fingerprint density at radius 2 is 0.839 bits per heavy atom. The third kappa shape index (κ3) is 5.11. The zero-order valence-electron chi connectivity index (χ0n) is 30.2. The van der Waals surface area contributed by atoms with Gasteiger partial charge in [0.15, 0.2) is 0 Å².